The van der Waals surface area contributed by atoms with Gasteiger partial charge in [-0.05, 0) is 54.8 Å². The van der Waals surface area contributed by atoms with Gasteiger partial charge in [0.05, 0.1) is 0 Å². The van der Waals surface area contributed by atoms with Crippen LogP contribution in [0.15, 0.2) is 48.5 Å². The van der Waals surface area contributed by atoms with Crippen molar-refractivity contribution in [1.82, 2.24) is 15.5 Å². The molecule has 0 saturated heterocycles. The van der Waals surface area contributed by atoms with E-state index < -0.39 is 30.1 Å². The molecule has 8 nitrogen and oxygen atoms in total. The van der Waals surface area contributed by atoms with Crippen molar-refractivity contribution in [1.29, 1.82) is 0 Å². The highest BCUT2D eigenvalue weighted by molar-refractivity contribution is 7.98. The van der Waals surface area contributed by atoms with Crippen molar-refractivity contribution in [2.24, 2.45) is 0 Å². The summed E-state index contributed by atoms with van der Waals surface area (Å²) in [6.07, 6.45) is 1.44. The maximum atomic E-state index is 12.8. The number of nitrogens with zero attached hydrogens (tertiary/aromatic N) is 1. The quantitative estimate of drug-likeness (QED) is 0.449. The van der Waals surface area contributed by atoms with Crippen LogP contribution in [0.3, 0.4) is 0 Å². The molecule has 0 aromatic heterocycles. The number of ether oxygens (including phenoxy) is 1. The Hall–Kier alpha value is -3.04. The molecular formula is C25H31N3O5S. The van der Waals surface area contributed by atoms with Gasteiger partial charge in [0, 0.05) is 12.5 Å². The van der Waals surface area contributed by atoms with Crippen molar-refractivity contribution in [2.75, 3.05) is 39.3 Å². The van der Waals surface area contributed by atoms with Gasteiger partial charge < -0.3 is 25.4 Å². The summed E-state index contributed by atoms with van der Waals surface area (Å²) >= 11 is 1.50. The number of alkyl carbamates (subject to hydrolysis) is 1. The molecule has 34 heavy (non-hydrogen) atoms. The third-order valence-corrected chi connectivity index (χ3v) is 6.37. The van der Waals surface area contributed by atoms with Crippen LogP contribution in [0.1, 0.15) is 23.5 Å². The number of amides is 2. The summed E-state index contributed by atoms with van der Waals surface area (Å²) in [6.45, 7) is 0.326. The second-order valence-corrected chi connectivity index (χ2v) is 9.45. The van der Waals surface area contributed by atoms with Gasteiger partial charge in [-0.1, -0.05) is 48.5 Å². The van der Waals surface area contributed by atoms with Crippen LogP contribution in [-0.2, 0) is 14.3 Å². The van der Waals surface area contributed by atoms with Gasteiger partial charge in [-0.25, -0.2) is 9.59 Å². The number of thioether (sulfide) groups is 1. The van der Waals surface area contributed by atoms with Crippen molar-refractivity contribution < 1.29 is 24.2 Å². The van der Waals surface area contributed by atoms with Crippen LogP contribution in [0.25, 0.3) is 11.1 Å². The fourth-order valence-electron chi connectivity index (χ4n) is 4.11. The van der Waals surface area contributed by atoms with E-state index in [4.69, 9.17) is 4.74 Å². The van der Waals surface area contributed by atoms with Gasteiger partial charge in [0.1, 0.15) is 18.7 Å². The lowest BCUT2D eigenvalue weighted by Gasteiger charge is -2.24. The number of carbonyl (C=O) groups excluding carboxylic acids is 2. The minimum atomic E-state index is -1.10. The summed E-state index contributed by atoms with van der Waals surface area (Å²) < 4.78 is 5.55. The Labute approximate surface area is 204 Å². The number of fused-ring (bicyclic) bond motifs is 3. The molecule has 2 amide bonds. The van der Waals surface area contributed by atoms with Crippen LogP contribution in [0, 0.1) is 0 Å². The number of aliphatic carboxylic acids is 1. The third kappa shape index (κ3) is 6.30. The van der Waals surface area contributed by atoms with Crippen molar-refractivity contribution in [3.63, 3.8) is 0 Å². The molecule has 2 aromatic rings. The Morgan fingerprint density at radius 2 is 1.59 bits per heavy atom. The summed E-state index contributed by atoms with van der Waals surface area (Å²) in [4.78, 5) is 38.7. The smallest absolute Gasteiger partial charge is 0.407 e. The molecular weight excluding hydrogens is 454 g/mol. The largest absolute Gasteiger partial charge is 0.480 e. The maximum Gasteiger partial charge on any atom is 0.407 e. The number of rotatable bonds is 11. The van der Waals surface area contributed by atoms with Gasteiger partial charge in [-0.2, -0.15) is 11.8 Å². The molecule has 1 aliphatic rings. The minimum absolute atomic E-state index is 0.0952. The van der Waals surface area contributed by atoms with Crippen molar-refractivity contribution in [2.45, 2.75) is 24.4 Å². The molecule has 0 heterocycles. The summed E-state index contributed by atoms with van der Waals surface area (Å²) in [7, 11) is 3.53. The number of hydrogen-bond donors (Lipinski definition) is 3. The zero-order valence-electron chi connectivity index (χ0n) is 19.6. The number of carbonyl (C=O) groups is 3. The predicted molar refractivity (Wildman–Crippen MR) is 133 cm³/mol. The van der Waals surface area contributed by atoms with Gasteiger partial charge in [-0.15, -0.1) is 0 Å². The molecule has 1 unspecified atom stereocenters. The normalized spacial score (nSPS) is 14.1. The van der Waals surface area contributed by atoms with E-state index in [1.165, 1.54) is 11.8 Å². The predicted octanol–water partition coefficient (Wildman–Crippen LogP) is 2.78. The average Bonchev–Trinajstić information content (AvgIpc) is 3.13. The number of nitrogens with one attached hydrogen (secondary N) is 2. The first kappa shape index (κ1) is 25.6. The lowest BCUT2D eigenvalue weighted by Crippen LogP contribution is -2.55. The van der Waals surface area contributed by atoms with Gasteiger partial charge in [0.25, 0.3) is 0 Å². The number of likely N-dealkylation sites (N-methyl/N-ethyl adjacent to an activating group) is 1. The highest BCUT2D eigenvalue weighted by Crippen LogP contribution is 2.44. The Morgan fingerprint density at radius 1 is 1.00 bits per heavy atom. The molecule has 2 atom stereocenters. The van der Waals surface area contributed by atoms with E-state index in [-0.39, 0.29) is 19.1 Å². The molecule has 3 rings (SSSR count). The topological polar surface area (TPSA) is 108 Å². The van der Waals surface area contributed by atoms with Gasteiger partial charge in [-0.3, -0.25) is 4.79 Å². The zero-order chi connectivity index (χ0) is 24.7. The number of benzene rings is 2. The molecule has 2 aromatic carbocycles. The van der Waals surface area contributed by atoms with Crippen molar-refractivity contribution in [3.05, 3.63) is 59.7 Å². The van der Waals surface area contributed by atoms with E-state index in [2.05, 4.69) is 22.8 Å². The highest BCUT2D eigenvalue weighted by atomic mass is 32.2. The van der Waals surface area contributed by atoms with Crippen LogP contribution < -0.4 is 10.6 Å². The second-order valence-electron chi connectivity index (χ2n) is 8.47. The number of carboxylic acids is 1. The van der Waals surface area contributed by atoms with Crippen molar-refractivity contribution in [3.8, 4) is 11.1 Å². The molecule has 9 heteroatoms. The highest BCUT2D eigenvalue weighted by Gasteiger charge is 2.30. The van der Waals surface area contributed by atoms with Crippen LogP contribution in [0.5, 0.6) is 0 Å². The van der Waals surface area contributed by atoms with Gasteiger partial charge in [0.15, 0.2) is 0 Å². The molecule has 0 fully saturated rings. The molecule has 0 radical (unpaired) electrons. The minimum Gasteiger partial charge on any atom is -0.480 e. The monoisotopic (exact) mass is 485 g/mol. The fraction of sp³-hybridized carbons (Fsp3) is 0.400. The Balaban J connectivity index is 1.65. The van der Waals surface area contributed by atoms with E-state index in [9.17, 15) is 19.5 Å². The first-order chi connectivity index (χ1) is 16.3. The Bertz CT molecular complexity index is 984. The third-order valence-electron chi connectivity index (χ3n) is 5.73. The summed E-state index contributed by atoms with van der Waals surface area (Å²) in [5.74, 6) is -1.17. The Kier molecular flexibility index (Phi) is 8.95. The van der Waals surface area contributed by atoms with Crippen LogP contribution in [0.4, 0.5) is 4.79 Å². The standard InChI is InChI=1S/C25H31N3O5S/c1-28(2)14-22(23(29)26-21(24(30)31)12-13-34-3)27-25(32)33-15-20-18-10-6-4-8-16(18)17-9-5-7-11-19(17)20/h4-11,20-22H,12-15H2,1-3H3,(H,26,29)(H,27,32)(H,30,31)/t21-,22?/m0/s1. The first-order valence-electron chi connectivity index (χ1n) is 11.1. The van der Waals surface area contributed by atoms with Crippen LogP contribution >= 0.6 is 11.8 Å². The van der Waals surface area contributed by atoms with Crippen LogP contribution in [-0.4, -0.2) is 79.3 Å². The van der Waals surface area contributed by atoms with Gasteiger partial charge >= 0.3 is 12.1 Å². The number of carboxylic acid groups (broad SMARTS) is 1. The summed E-state index contributed by atoms with van der Waals surface area (Å²) in [5.41, 5.74) is 4.44. The zero-order valence-corrected chi connectivity index (χ0v) is 20.4. The van der Waals surface area contributed by atoms with Crippen LogP contribution in [0.2, 0.25) is 0 Å². The lowest BCUT2D eigenvalue weighted by molar-refractivity contribution is -0.142. The molecule has 3 N–H and O–H groups in total. The van der Waals surface area contributed by atoms with E-state index in [1.54, 1.807) is 19.0 Å². The molecule has 1 aliphatic carbocycles. The molecule has 182 valence electrons. The second kappa shape index (κ2) is 11.9. The molecule has 0 aliphatic heterocycles. The first-order valence-corrected chi connectivity index (χ1v) is 12.5. The molecule has 0 spiro atoms. The van der Waals surface area contributed by atoms with Crippen molar-refractivity contribution >= 4 is 29.7 Å². The summed E-state index contributed by atoms with van der Waals surface area (Å²) in [5, 5.41) is 14.6. The lowest BCUT2D eigenvalue weighted by atomic mass is 9.98. The average molecular weight is 486 g/mol. The number of hydrogen-bond acceptors (Lipinski definition) is 6. The maximum absolute atomic E-state index is 12.8. The fourth-order valence-corrected chi connectivity index (χ4v) is 4.58. The van der Waals surface area contributed by atoms with E-state index in [1.807, 2.05) is 42.7 Å². The summed E-state index contributed by atoms with van der Waals surface area (Å²) in [6, 6.07) is 14.1. The van der Waals surface area contributed by atoms with E-state index in [0.717, 1.165) is 22.3 Å². The van der Waals surface area contributed by atoms with E-state index in [0.29, 0.717) is 12.2 Å². The Morgan fingerprint density at radius 3 is 2.12 bits per heavy atom. The van der Waals surface area contributed by atoms with Gasteiger partial charge in [0.2, 0.25) is 5.91 Å². The SMILES string of the molecule is CSCC[C@H](NC(=O)C(CN(C)C)NC(=O)OCC1c2ccccc2-c2ccccc21)C(=O)O. The molecule has 0 saturated carbocycles. The molecule has 0 bridgehead atoms. The van der Waals surface area contributed by atoms with E-state index >= 15 is 0 Å².